The summed E-state index contributed by atoms with van der Waals surface area (Å²) >= 11 is 6.53. The molecule has 0 spiro atoms. The molecule has 0 aliphatic heterocycles. The molecule has 0 unspecified atom stereocenters. The van der Waals surface area contributed by atoms with Gasteiger partial charge in [0.25, 0.3) is 0 Å². The summed E-state index contributed by atoms with van der Waals surface area (Å²) in [4.78, 5) is 0. The Balaban J connectivity index is 2.21. The maximum absolute atomic E-state index is 10.1. The summed E-state index contributed by atoms with van der Waals surface area (Å²) in [5, 5.41) is 19.7. The van der Waals surface area contributed by atoms with Crippen molar-refractivity contribution in [2.24, 2.45) is 11.7 Å². The molecule has 4 N–H and O–H groups in total. The lowest BCUT2D eigenvalue weighted by Crippen LogP contribution is -2.36. The Kier molecular flexibility index (Phi) is 4.13. The van der Waals surface area contributed by atoms with E-state index >= 15 is 0 Å². The summed E-state index contributed by atoms with van der Waals surface area (Å²) < 4.78 is 1.16. The van der Waals surface area contributed by atoms with Gasteiger partial charge in [-0.05, 0) is 68.3 Å². The van der Waals surface area contributed by atoms with Crippen LogP contribution < -0.4 is 5.73 Å². The number of phenolic OH excluding ortho intramolecular Hbond substituents is 1. The van der Waals surface area contributed by atoms with Crippen molar-refractivity contribution in [2.45, 2.75) is 31.4 Å². The number of benzene rings is 1. The van der Waals surface area contributed by atoms with E-state index in [0.717, 1.165) is 18.4 Å². The molecular formula is C12H15Br2NO2. The molecule has 1 aliphatic rings. The minimum absolute atomic E-state index is 0.152. The van der Waals surface area contributed by atoms with Gasteiger partial charge in [0.2, 0.25) is 0 Å². The number of hydrogen-bond donors (Lipinski definition) is 3. The SMILES string of the molecule is N[C@@H](c1cc(Br)c(O)c(Br)c1)[C@H](O)C1CCC1. The van der Waals surface area contributed by atoms with E-state index in [0.29, 0.717) is 14.9 Å². The zero-order chi connectivity index (χ0) is 12.6. The Morgan fingerprint density at radius 1 is 1.24 bits per heavy atom. The Labute approximate surface area is 117 Å². The van der Waals surface area contributed by atoms with Gasteiger partial charge in [0, 0.05) is 0 Å². The smallest absolute Gasteiger partial charge is 0.143 e. The van der Waals surface area contributed by atoms with Gasteiger partial charge in [-0.2, -0.15) is 0 Å². The quantitative estimate of drug-likeness (QED) is 0.772. The van der Waals surface area contributed by atoms with Crippen molar-refractivity contribution in [2.75, 3.05) is 0 Å². The van der Waals surface area contributed by atoms with Crippen LogP contribution in [0, 0.1) is 5.92 Å². The van der Waals surface area contributed by atoms with Crippen LogP contribution in [-0.4, -0.2) is 16.3 Å². The molecule has 17 heavy (non-hydrogen) atoms. The summed E-state index contributed by atoms with van der Waals surface area (Å²) in [5.41, 5.74) is 6.88. The van der Waals surface area contributed by atoms with Crippen molar-refractivity contribution in [3.8, 4) is 5.75 Å². The van der Waals surface area contributed by atoms with Crippen LogP contribution in [0.15, 0.2) is 21.1 Å². The van der Waals surface area contributed by atoms with E-state index in [1.807, 2.05) is 0 Å². The van der Waals surface area contributed by atoms with E-state index < -0.39 is 12.1 Å². The van der Waals surface area contributed by atoms with Crippen LogP contribution in [-0.2, 0) is 0 Å². The number of aliphatic hydroxyl groups is 1. The number of aromatic hydroxyl groups is 1. The Hall–Kier alpha value is -0.100. The number of rotatable bonds is 3. The fraction of sp³-hybridized carbons (Fsp3) is 0.500. The Morgan fingerprint density at radius 2 is 1.76 bits per heavy atom. The first-order valence-electron chi connectivity index (χ1n) is 5.62. The number of hydrogen-bond acceptors (Lipinski definition) is 3. The average Bonchev–Trinajstić information content (AvgIpc) is 2.21. The van der Waals surface area contributed by atoms with Crippen molar-refractivity contribution in [3.63, 3.8) is 0 Å². The summed E-state index contributed by atoms with van der Waals surface area (Å²) in [6, 6.07) is 3.10. The predicted molar refractivity (Wildman–Crippen MR) is 73.8 cm³/mol. The molecular weight excluding hydrogens is 350 g/mol. The first-order valence-corrected chi connectivity index (χ1v) is 7.21. The number of nitrogens with two attached hydrogens (primary N) is 1. The van der Waals surface area contributed by atoms with Crippen LogP contribution >= 0.6 is 31.9 Å². The van der Waals surface area contributed by atoms with E-state index in [1.165, 1.54) is 6.42 Å². The third-order valence-corrected chi connectivity index (χ3v) is 4.63. The van der Waals surface area contributed by atoms with Crippen molar-refractivity contribution in [1.82, 2.24) is 0 Å². The fourth-order valence-electron chi connectivity index (χ4n) is 2.05. The average molecular weight is 365 g/mol. The van der Waals surface area contributed by atoms with Gasteiger partial charge in [0.1, 0.15) is 5.75 Å². The van der Waals surface area contributed by atoms with E-state index in [-0.39, 0.29) is 5.75 Å². The van der Waals surface area contributed by atoms with Gasteiger partial charge in [-0.3, -0.25) is 0 Å². The zero-order valence-corrected chi connectivity index (χ0v) is 12.4. The van der Waals surface area contributed by atoms with Crippen LogP contribution in [0.1, 0.15) is 30.9 Å². The fourth-order valence-corrected chi connectivity index (χ4v) is 3.27. The molecule has 0 bridgehead atoms. The molecule has 5 heteroatoms. The van der Waals surface area contributed by atoms with Crippen LogP contribution in [0.5, 0.6) is 5.75 Å². The molecule has 1 fully saturated rings. The van der Waals surface area contributed by atoms with E-state index in [9.17, 15) is 10.2 Å². The van der Waals surface area contributed by atoms with Gasteiger partial charge in [0.15, 0.2) is 0 Å². The summed E-state index contributed by atoms with van der Waals surface area (Å²) in [7, 11) is 0. The molecule has 2 atom stereocenters. The van der Waals surface area contributed by atoms with Gasteiger partial charge in [-0.1, -0.05) is 6.42 Å². The molecule has 1 aromatic carbocycles. The maximum Gasteiger partial charge on any atom is 0.143 e. The molecule has 1 aromatic rings. The highest BCUT2D eigenvalue weighted by Crippen LogP contribution is 2.38. The maximum atomic E-state index is 10.1. The number of halogens is 2. The van der Waals surface area contributed by atoms with Crippen molar-refractivity contribution in [1.29, 1.82) is 0 Å². The lowest BCUT2D eigenvalue weighted by molar-refractivity contribution is 0.0413. The van der Waals surface area contributed by atoms with Crippen LogP contribution in [0.3, 0.4) is 0 Å². The van der Waals surface area contributed by atoms with Crippen LogP contribution in [0.4, 0.5) is 0 Å². The minimum atomic E-state index is -0.507. The highest BCUT2D eigenvalue weighted by atomic mass is 79.9. The van der Waals surface area contributed by atoms with Crippen molar-refractivity contribution < 1.29 is 10.2 Å². The van der Waals surface area contributed by atoms with Gasteiger partial charge >= 0.3 is 0 Å². The molecule has 0 heterocycles. The monoisotopic (exact) mass is 363 g/mol. The molecule has 1 saturated carbocycles. The summed E-state index contributed by atoms with van der Waals surface area (Å²) in [6.07, 6.45) is 2.77. The second-order valence-electron chi connectivity index (χ2n) is 4.54. The summed E-state index contributed by atoms with van der Waals surface area (Å²) in [5.74, 6) is 0.468. The molecule has 94 valence electrons. The zero-order valence-electron chi connectivity index (χ0n) is 9.24. The van der Waals surface area contributed by atoms with Gasteiger partial charge in [-0.25, -0.2) is 0 Å². The van der Waals surface area contributed by atoms with Gasteiger partial charge in [0.05, 0.1) is 21.1 Å². The number of phenols is 1. The Bertz CT molecular complexity index is 398. The lowest BCUT2D eigenvalue weighted by Gasteiger charge is -2.34. The van der Waals surface area contributed by atoms with E-state index in [4.69, 9.17) is 5.73 Å². The number of aliphatic hydroxyl groups excluding tert-OH is 1. The molecule has 3 nitrogen and oxygen atoms in total. The third kappa shape index (κ3) is 2.67. The second-order valence-corrected chi connectivity index (χ2v) is 6.25. The highest BCUT2D eigenvalue weighted by Gasteiger charge is 2.31. The second kappa shape index (κ2) is 5.26. The molecule has 0 radical (unpaired) electrons. The lowest BCUT2D eigenvalue weighted by atomic mass is 9.77. The Morgan fingerprint density at radius 3 is 2.18 bits per heavy atom. The van der Waals surface area contributed by atoms with Crippen LogP contribution in [0.2, 0.25) is 0 Å². The van der Waals surface area contributed by atoms with Gasteiger partial charge < -0.3 is 15.9 Å². The molecule has 0 aromatic heterocycles. The van der Waals surface area contributed by atoms with Crippen LogP contribution in [0.25, 0.3) is 0 Å². The largest absolute Gasteiger partial charge is 0.506 e. The van der Waals surface area contributed by atoms with Gasteiger partial charge in [-0.15, -0.1) is 0 Å². The molecule has 1 aliphatic carbocycles. The molecule has 2 rings (SSSR count). The standard InChI is InChI=1S/C12H15Br2NO2/c13-8-4-7(5-9(14)12(8)17)10(15)11(16)6-2-1-3-6/h4-6,10-11,16-17H,1-3,15H2/t10-,11+/m0/s1. The first kappa shape index (κ1) is 13.3. The van der Waals surface area contributed by atoms with Crippen molar-refractivity contribution in [3.05, 3.63) is 26.6 Å². The summed E-state index contributed by atoms with van der Waals surface area (Å²) in [6.45, 7) is 0. The highest BCUT2D eigenvalue weighted by molar-refractivity contribution is 9.11. The van der Waals surface area contributed by atoms with E-state index in [2.05, 4.69) is 31.9 Å². The normalized spacial score (nSPS) is 19.8. The first-order chi connectivity index (χ1) is 8.00. The minimum Gasteiger partial charge on any atom is -0.506 e. The molecule has 0 saturated heterocycles. The molecule has 0 amide bonds. The predicted octanol–water partition coefficient (Wildman–Crippen LogP) is 3.08. The third-order valence-electron chi connectivity index (χ3n) is 3.42. The van der Waals surface area contributed by atoms with E-state index in [1.54, 1.807) is 12.1 Å². The topological polar surface area (TPSA) is 66.5 Å². The van der Waals surface area contributed by atoms with Crippen molar-refractivity contribution >= 4 is 31.9 Å².